The lowest BCUT2D eigenvalue weighted by Gasteiger charge is -1.92. The van der Waals surface area contributed by atoms with Crippen LogP contribution in [0.1, 0.15) is 19.8 Å². The van der Waals surface area contributed by atoms with E-state index in [4.69, 9.17) is 0 Å². The van der Waals surface area contributed by atoms with E-state index in [0.29, 0.717) is 0 Å². The zero-order chi connectivity index (χ0) is 6.24. The molecule has 0 atom stereocenters. The van der Waals surface area contributed by atoms with Gasteiger partial charge in [-0.2, -0.15) is 0 Å². The molecule has 0 fully saturated rings. The smallest absolute Gasteiger partial charge is 0.226 e. The van der Waals surface area contributed by atoms with Crippen molar-refractivity contribution in [3.63, 3.8) is 0 Å². The Morgan fingerprint density at radius 3 is 3.00 bits per heavy atom. The third-order valence-electron chi connectivity index (χ3n) is 0.667. The zero-order valence-corrected chi connectivity index (χ0v) is 5.02. The van der Waals surface area contributed by atoms with Gasteiger partial charge >= 0.3 is 0 Å². The molecule has 0 aromatic heterocycles. The lowest BCUT2D eigenvalue weighted by molar-refractivity contribution is 0.230. The van der Waals surface area contributed by atoms with E-state index >= 15 is 0 Å². The first-order valence-electron chi connectivity index (χ1n) is 2.70. The summed E-state index contributed by atoms with van der Waals surface area (Å²) in [6, 6.07) is 0. The molecular weight excluding hydrogens is 104 g/mol. The van der Waals surface area contributed by atoms with Gasteiger partial charge in [0.2, 0.25) is 6.29 Å². The molecule has 0 aliphatic rings. The summed E-state index contributed by atoms with van der Waals surface area (Å²) in [6.45, 7) is 3.75. The van der Waals surface area contributed by atoms with Crippen LogP contribution in [0, 0.1) is 6.61 Å². The standard InChI is InChI=1S/C6H10O2/c1-2-3-5-8-6-4-7/h5H,2-3,6H2,1H3. The molecule has 0 N–H and O–H groups in total. The van der Waals surface area contributed by atoms with Crippen molar-refractivity contribution < 1.29 is 9.53 Å². The van der Waals surface area contributed by atoms with Crippen LogP contribution in [-0.2, 0) is 9.53 Å². The van der Waals surface area contributed by atoms with Crippen molar-refractivity contribution in [1.29, 1.82) is 0 Å². The van der Waals surface area contributed by atoms with Crippen molar-refractivity contribution in [2.75, 3.05) is 6.61 Å². The van der Waals surface area contributed by atoms with Gasteiger partial charge in [-0.3, -0.25) is 4.79 Å². The second kappa shape index (κ2) is 6.63. The Morgan fingerprint density at radius 2 is 2.50 bits per heavy atom. The molecule has 2 heteroatoms. The predicted molar refractivity (Wildman–Crippen MR) is 30.9 cm³/mol. The minimum atomic E-state index is 0.0694. The summed E-state index contributed by atoms with van der Waals surface area (Å²) in [5.74, 6) is 0. The fourth-order valence-corrected chi connectivity index (χ4v) is 0.294. The van der Waals surface area contributed by atoms with Gasteiger partial charge in [-0.1, -0.05) is 13.3 Å². The summed E-state index contributed by atoms with van der Waals surface area (Å²) in [5.41, 5.74) is 0. The van der Waals surface area contributed by atoms with Gasteiger partial charge in [0, 0.05) is 0 Å². The SMILES string of the molecule is CCC[CH]OC[C]=O. The van der Waals surface area contributed by atoms with Gasteiger partial charge in [0.05, 0.1) is 6.61 Å². The minimum Gasteiger partial charge on any atom is -0.367 e. The highest BCUT2D eigenvalue weighted by Gasteiger charge is 1.83. The Morgan fingerprint density at radius 1 is 1.75 bits per heavy atom. The van der Waals surface area contributed by atoms with E-state index in [1.54, 1.807) is 12.9 Å². The fourth-order valence-electron chi connectivity index (χ4n) is 0.294. The first kappa shape index (κ1) is 7.63. The van der Waals surface area contributed by atoms with Gasteiger partial charge in [0.15, 0.2) is 0 Å². The molecule has 2 nitrogen and oxygen atoms in total. The minimum absolute atomic E-state index is 0.0694. The van der Waals surface area contributed by atoms with Gasteiger partial charge < -0.3 is 4.74 Å². The maximum Gasteiger partial charge on any atom is 0.226 e. The van der Waals surface area contributed by atoms with Crippen molar-refractivity contribution in [2.45, 2.75) is 19.8 Å². The number of ether oxygens (including phenoxy) is 1. The molecule has 0 saturated carbocycles. The molecule has 0 bridgehead atoms. The molecule has 0 unspecified atom stereocenters. The first-order valence-corrected chi connectivity index (χ1v) is 2.70. The first-order chi connectivity index (χ1) is 3.91. The summed E-state index contributed by atoms with van der Waals surface area (Å²) >= 11 is 0. The quantitative estimate of drug-likeness (QED) is 0.500. The van der Waals surface area contributed by atoms with E-state index in [9.17, 15) is 4.79 Å². The van der Waals surface area contributed by atoms with Gasteiger partial charge in [-0.05, 0) is 6.42 Å². The van der Waals surface area contributed by atoms with Crippen molar-refractivity contribution in [3.05, 3.63) is 6.61 Å². The fraction of sp³-hybridized carbons (Fsp3) is 0.667. The number of carbonyl (C=O) groups excluding carboxylic acids is 1. The second-order valence-corrected chi connectivity index (χ2v) is 1.41. The van der Waals surface area contributed by atoms with Crippen molar-refractivity contribution >= 4 is 6.29 Å². The topological polar surface area (TPSA) is 26.3 Å². The average molecular weight is 114 g/mol. The normalized spacial score (nSPS) is 9.12. The van der Waals surface area contributed by atoms with Gasteiger partial charge in [-0.15, -0.1) is 0 Å². The zero-order valence-electron chi connectivity index (χ0n) is 5.02. The number of hydrogen-bond donors (Lipinski definition) is 0. The Labute approximate surface area is 49.8 Å². The molecule has 0 saturated heterocycles. The maximum atomic E-state index is 9.50. The van der Waals surface area contributed by atoms with E-state index in [0.717, 1.165) is 12.8 Å². The summed E-state index contributed by atoms with van der Waals surface area (Å²) in [7, 11) is 0. The van der Waals surface area contributed by atoms with Crippen LogP contribution in [0.15, 0.2) is 0 Å². The van der Waals surface area contributed by atoms with Crippen molar-refractivity contribution in [1.82, 2.24) is 0 Å². The Hall–Kier alpha value is -0.370. The highest BCUT2D eigenvalue weighted by atomic mass is 16.5. The molecule has 0 amide bonds. The lowest BCUT2D eigenvalue weighted by atomic mass is 10.4. The molecule has 0 aliphatic carbocycles. The molecule has 0 aromatic rings. The summed E-state index contributed by atoms with van der Waals surface area (Å²) in [4.78, 5) is 9.50. The average Bonchev–Trinajstić information content (AvgIpc) is 1.81. The highest BCUT2D eigenvalue weighted by Crippen LogP contribution is 1.91. The molecule has 0 aromatic carbocycles. The number of unbranched alkanes of at least 4 members (excludes halogenated alkanes) is 1. The van der Waals surface area contributed by atoms with E-state index in [-0.39, 0.29) is 6.61 Å². The van der Waals surface area contributed by atoms with E-state index in [2.05, 4.69) is 4.74 Å². The lowest BCUT2D eigenvalue weighted by Crippen LogP contribution is -1.90. The molecule has 46 valence electrons. The van der Waals surface area contributed by atoms with Crippen LogP contribution in [0.2, 0.25) is 0 Å². The van der Waals surface area contributed by atoms with Gasteiger partial charge in [0.1, 0.15) is 6.61 Å². The van der Waals surface area contributed by atoms with Crippen LogP contribution in [0.5, 0.6) is 0 Å². The molecule has 2 radical (unpaired) electrons. The van der Waals surface area contributed by atoms with Crippen LogP contribution in [0.3, 0.4) is 0 Å². The van der Waals surface area contributed by atoms with Crippen molar-refractivity contribution in [3.8, 4) is 0 Å². The van der Waals surface area contributed by atoms with Crippen molar-refractivity contribution in [2.24, 2.45) is 0 Å². The highest BCUT2D eigenvalue weighted by molar-refractivity contribution is 5.51. The monoisotopic (exact) mass is 114 g/mol. The second-order valence-electron chi connectivity index (χ2n) is 1.41. The summed E-state index contributed by atoms with van der Waals surface area (Å²) in [6.07, 6.45) is 3.58. The van der Waals surface area contributed by atoms with E-state index in [1.807, 2.05) is 6.92 Å². The number of hydrogen-bond acceptors (Lipinski definition) is 2. The van der Waals surface area contributed by atoms with Crippen LogP contribution >= 0.6 is 0 Å². The van der Waals surface area contributed by atoms with Crippen LogP contribution in [0.25, 0.3) is 0 Å². The Bertz CT molecular complexity index is 52.5. The third-order valence-corrected chi connectivity index (χ3v) is 0.667. The van der Waals surface area contributed by atoms with Gasteiger partial charge in [-0.25, -0.2) is 0 Å². The molecule has 8 heavy (non-hydrogen) atoms. The summed E-state index contributed by atoms with van der Waals surface area (Å²) < 4.78 is 4.67. The molecule has 0 spiro atoms. The number of rotatable bonds is 5. The molecule has 0 rings (SSSR count). The third kappa shape index (κ3) is 5.63. The van der Waals surface area contributed by atoms with Crippen LogP contribution in [-0.4, -0.2) is 12.9 Å². The van der Waals surface area contributed by atoms with Crippen LogP contribution in [0.4, 0.5) is 0 Å². The Balaban J connectivity index is 2.62. The molecular formula is C6H10O2. The van der Waals surface area contributed by atoms with Crippen LogP contribution < -0.4 is 0 Å². The molecule has 0 heterocycles. The van der Waals surface area contributed by atoms with E-state index < -0.39 is 0 Å². The maximum absolute atomic E-state index is 9.50. The summed E-state index contributed by atoms with van der Waals surface area (Å²) in [5, 5.41) is 0. The molecule has 0 aliphatic heterocycles. The predicted octanol–water partition coefficient (Wildman–Crippen LogP) is 1.07. The van der Waals surface area contributed by atoms with Gasteiger partial charge in [0.25, 0.3) is 0 Å². The van der Waals surface area contributed by atoms with E-state index in [1.165, 1.54) is 0 Å². The largest absolute Gasteiger partial charge is 0.367 e. The Kier molecular flexibility index (Phi) is 6.32.